The smallest absolute Gasteiger partial charge is 0.330 e. The molecule has 0 unspecified atom stereocenters. The topological polar surface area (TPSA) is 122 Å². The second-order valence-electron chi connectivity index (χ2n) is 8.23. The van der Waals surface area contributed by atoms with Crippen LogP contribution in [-0.4, -0.2) is 35.7 Å². The van der Waals surface area contributed by atoms with Gasteiger partial charge in [-0.15, -0.1) is 0 Å². The standard InChI is InChI=1S/C23H35N5O4/c1-5-6-12-28-21(24)20(22(30)26-23(28)31)27(13-11-16(2)3)15-19(29)25-14-17-7-9-18(32-4)10-8-17/h7-10,16H,5-6,11-15,24H2,1-4H3,(H,25,29)(H,26,30,31). The highest BCUT2D eigenvalue weighted by Crippen LogP contribution is 2.18. The first-order valence-corrected chi connectivity index (χ1v) is 11.0. The Morgan fingerprint density at radius 3 is 2.53 bits per heavy atom. The van der Waals surface area contributed by atoms with Crippen molar-refractivity contribution in [1.82, 2.24) is 14.9 Å². The van der Waals surface area contributed by atoms with Gasteiger partial charge in [0, 0.05) is 19.6 Å². The highest BCUT2D eigenvalue weighted by atomic mass is 16.5. The Kier molecular flexibility index (Phi) is 9.37. The number of carbonyl (C=O) groups is 1. The van der Waals surface area contributed by atoms with E-state index < -0.39 is 11.2 Å². The van der Waals surface area contributed by atoms with Crippen LogP contribution in [0, 0.1) is 5.92 Å². The van der Waals surface area contributed by atoms with Crippen molar-refractivity contribution < 1.29 is 9.53 Å². The molecule has 0 radical (unpaired) electrons. The summed E-state index contributed by atoms with van der Waals surface area (Å²) in [6.45, 7) is 7.33. The van der Waals surface area contributed by atoms with E-state index in [1.54, 1.807) is 12.0 Å². The number of H-pyrrole nitrogens is 1. The number of nitrogens with one attached hydrogen (secondary N) is 2. The van der Waals surface area contributed by atoms with Gasteiger partial charge in [-0.25, -0.2) is 4.79 Å². The average Bonchev–Trinajstić information content (AvgIpc) is 2.75. The summed E-state index contributed by atoms with van der Waals surface area (Å²) < 4.78 is 6.52. The third kappa shape index (κ3) is 6.90. The molecule has 1 aromatic heterocycles. The number of nitrogens with two attached hydrogens (primary N) is 1. The van der Waals surface area contributed by atoms with Crippen molar-refractivity contribution >= 4 is 17.4 Å². The quantitative estimate of drug-likeness (QED) is 0.460. The molecular weight excluding hydrogens is 410 g/mol. The minimum atomic E-state index is -0.577. The van der Waals surface area contributed by atoms with Crippen LogP contribution in [0.4, 0.5) is 11.5 Å². The minimum Gasteiger partial charge on any atom is -0.497 e. The minimum absolute atomic E-state index is 0.0395. The van der Waals surface area contributed by atoms with E-state index in [0.717, 1.165) is 30.6 Å². The van der Waals surface area contributed by atoms with E-state index in [1.807, 2.05) is 31.2 Å². The summed E-state index contributed by atoms with van der Waals surface area (Å²) in [6.07, 6.45) is 2.40. The van der Waals surface area contributed by atoms with Gasteiger partial charge >= 0.3 is 5.69 Å². The Labute approximate surface area is 188 Å². The number of carbonyl (C=O) groups excluding carboxylic acids is 1. The van der Waals surface area contributed by atoms with Crippen molar-refractivity contribution in [3.8, 4) is 5.75 Å². The lowest BCUT2D eigenvalue weighted by Gasteiger charge is -2.26. The maximum atomic E-state index is 12.7. The Balaban J connectivity index is 2.22. The van der Waals surface area contributed by atoms with E-state index in [0.29, 0.717) is 25.6 Å². The third-order valence-electron chi connectivity index (χ3n) is 5.23. The number of anilines is 2. The lowest BCUT2D eigenvalue weighted by atomic mass is 10.1. The van der Waals surface area contributed by atoms with Gasteiger partial charge in [-0.3, -0.25) is 19.1 Å². The van der Waals surface area contributed by atoms with Crippen molar-refractivity contribution in [3.05, 3.63) is 50.7 Å². The molecule has 0 fully saturated rings. The zero-order valence-corrected chi connectivity index (χ0v) is 19.4. The summed E-state index contributed by atoms with van der Waals surface area (Å²) in [4.78, 5) is 41.7. The van der Waals surface area contributed by atoms with Gasteiger partial charge < -0.3 is 20.7 Å². The zero-order chi connectivity index (χ0) is 23.7. The largest absolute Gasteiger partial charge is 0.497 e. The Bertz CT molecular complexity index is 995. The van der Waals surface area contributed by atoms with Crippen LogP contribution < -0.4 is 31.9 Å². The second-order valence-corrected chi connectivity index (χ2v) is 8.23. The highest BCUT2D eigenvalue weighted by Gasteiger charge is 2.21. The fourth-order valence-electron chi connectivity index (χ4n) is 3.28. The number of benzene rings is 1. The van der Waals surface area contributed by atoms with Crippen LogP contribution in [0.2, 0.25) is 0 Å². The SMILES string of the molecule is CCCCn1c(N)c(N(CCC(C)C)CC(=O)NCc2ccc(OC)cc2)c(=O)[nH]c1=O. The van der Waals surface area contributed by atoms with Crippen LogP contribution in [0.5, 0.6) is 5.75 Å². The molecule has 0 aliphatic heterocycles. The van der Waals surface area contributed by atoms with Gasteiger partial charge in [-0.2, -0.15) is 0 Å². The van der Waals surface area contributed by atoms with Crippen molar-refractivity contribution in [3.63, 3.8) is 0 Å². The van der Waals surface area contributed by atoms with Crippen LogP contribution in [0.3, 0.4) is 0 Å². The number of rotatable bonds is 12. The molecule has 2 aromatic rings. The summed E-state index contributed by atoms with van der Waals surface area (Å²) in [7, 11) is 1.60. The van der Waals surface area contributed by atoms with Crippen LogP contribution in [-0.2, 0) is 17.9 Å². The van der Waals surface area contributed by atoms with E-state index in [9.17, 15) is 14.4 Å². The average molecular weight is 446 g/mol. The molecule has 0 saturated heterocycles. The molecule has 9 heteroatoms. The van der Waals surface area contributed by atoms with Crippen LogP contribution in [0.25, 0.3) is 0 Å². The number of hydrogen-bond donors (Lipinski definition) is 3. The number of hydrogen-bond acceptors (Lipinski definition) is 6. The monoisotopic (exact) mass is 445 g/mol. The maximum Gasteiger partial charge on any atom is 0.330 e. The zero-order valence-electron chi connectivity index (χ0n) is 19.4. The lowest BCUT2D eigenvalue weighted by molar-refractivity contribution is -0.119. The number of ether oxygens (including phenoxy) is 1. The summed E-state index contributed by atoms with van der Waals surface area (Å²) in [5.74, 6) is 0.965. The predicted octanol–water partition coefficient (Wildman–Crippen LogP) is 2.10. The van der Waals surface area contributed by atoms with Crippen molar-refractivity contribution in [2.45, 2.75) is 53.1 Å². The molecule has 9 nitrogen and oxygen atoms in total. The van der Waals surface area contributed by atoms with Crippen molar-refractivity contribution in [2.24, 2.45) is 5.92 Å². The summed E-state index contributed by atoms with van der Waals surface area (Å²) in [5, 5.41) is 2.88. The number of aromatic amines is 1. The molecule has 1 amide bonds. The molecule has 0 spiro atoms. The summed E-state index contributed by atoms with van der Waals surface area (Å²) in [6, 6.07) is 7.41. The fourth-order valence-corrected chi connectivity index (χ4v) is 3.28. The molecule has 32 heavy (non-hydrogen) atoms. The second kappa shape index (κ2) is 12.0. The number of nitrogens with zero attached hydrogens (tertiary/aromatic N) is 2. The van der Waals surface area contributed by atoms with E-state index >= 15 is 0 Å². The molecule has 4 N–H and O–H groups in total. The third-order valence-corrected chi connectivity index (χ3v) is 5.23. The number of unbranched alkanes of at least 4 members (excludes halogenated alkanes) is 1. The van der Waals surface area contributed by atoms with Crippen molar-refractivity contribution in [2.75, 3.05) is 30.8 Å². The number of methoxy groups -OCH3 is 1. The normalized spacial score (nSPS) is 10.9. The van der Waals surface area contributed by atoms with Crippen molar-refractivity contribution in [1.29, 1.82) is 0 Å². The number of aromatic nitrogens is 2. The molecule has 2 rings (SSSR count). The van der Waals surface area contributed by atoms with E-state index in [4.69, 9.17) is 10.5 Å². The lowest BCUT2D eigenvalue weighted by Crippen LogP contribution is -2.43. The molecule has 0 saturated carbocycles. The molecule has 0 aliphatic carbocycles. The molecule has 176 valence electrons. The van der Waals surface area contributed by atoms with Gasteiger partial charge in [-0.1, -0.05) is 39.3 Å². The Morgan fingerprint density at radius 2 is 1.94 bits per heavy atom. The highest BCUT2D eigenvalue weighted by molar-refractivity contribution is 5.82. The molecule has 1 heterocycles. The van der Waals surface area contributed by atoms with Crippen LogP contribution in [0.1, 0.15) is 45.6 Å². The van der Waals surface area contributed by atoms with Gasteiger partial charge in [-0.05, 0) is 36.5 Å². The van der Waals surface area contributed by atoms with Gasteiger partial charge in [0.15, 0.2) is 0 Å². The predicted molar refractivity (Wildman–Crippen MR) is 127 cm³/mol. The number of amides is 1. The Morgan fingerprint density at radius 1 is 1.25 bits per heavy atom. The summed E-state index contributed by atoms with van der Waals surface area (Å²) in [5.41, 5.74) is 6.25. The first-order chi connectivity index (χ1) is 15.3. The van der Waals surface area contributed by atoms with Gasteiger partial charge in [0.2, 0.25) is 5.91 Å². The molecular formula is C23H35N5O4. The Hall–Kier alpha value is -3.23. The molecule has 0 atom stereocenters. The molecule has 0 bridgehead atoms. The van der Waals surface area contributed by atoms with E-state index in [1.165, 1.54) is 4.57 Å². The van der Waals surface area contributed by atoms with E-state index in [-0.39, 0.29) is 24.0 Å². The van der Waals surface area contributed by atoms with Gasteiger partial charge in [0.05, 0.1) is 13.7 Å². The van der Waals surface area contributed by atoms with Crippen LogP contribution >= 0.6 is 0 Å². The first kappa shape index (κ1) is 25.0. The van der Waals surface area contributed by atoms with Gasteiger partial charge in [0.25, 0.3) is 5.56 Å². The summed E-state index contributed by atoms with van der Waals surface area (Å²) >= 11 is 0. The fraction of sp³-hybridized carbons (Fsp3) is 0.522. The molecule has 0 aliphatic rings. The van der Waals surface area contributed by atoms with Crippen LogP contribution in [0.15, 0.2) is 33.9 Å². The number of nitrogen functional groups attached to an aromatic ring is 1. The first-order valence-electron chi connectivity index (χ1n) is 11.0. The van der Waals surface area contributed by atoms with Gasteiger partial charge in [0.1, 0.15) is 17.3 Å². The maximum absolute atomic E-state index is 12.7. The van der Waals surface area contributed by atoms with E-state index in [2.05, 4.69) is 24.1 Å². The molecule has 1 aromatic carbocycles.